The molecular weight excluding hydrogens is 602 g/mol. The maximum atomic E-state index is 12.4. The molecule has 4 heteroatoms. The Morgan fingerprint density at radius 1 is 0.490 bits per heavy atom. The average molecular weight is 686 g/mol. The molecule has 49 heavy (non-hydrogen) atoms. The highest BCUT2D eigenvalue weighted by atomic mass is 16.3. The van der Waals surface area contributed by atoms with Gasteiger partial charge in [0.2, 0.25) is 5.91 Å². The van der Waals surface area contributed by atoms with E-state index in [4.69, 9.17) is 0 Å². The molecule has 0 heterocycles. The third kappa shape index (κ3) is 37.4. The van der Waals surface area contributed by atoms with Crippen LogP contribution in [0, 0.1) is 0 Å². The number of hydrogen-bond donors (Lipinski definition) is 3. The highest BCUT2D eigenvalue weighted by Crippen LogP contribution is 2.14. The molecule has 0 aliphatic heterocycles. The van der Waals surface area contributed by atoms with E-state index in [1.807, 2.05) is 6.08 Å². The first-order valence-electron chi connectivity index (χ1n) is 21.4. The van der Waals surface area contributed by atoms with Gasteiger partial charge in [-0.25, -0.2) is 0 Å². The fourth-order valence-corrected chi connectivity index (χ4v) is 6.24. The van der Waals surface area contributed by atoms with Gasteiger partial charge in [0.1, 0.15) is 0 Å². The third-order valence-electron chi connectivity index (χ3n) is 9.56. The maximum Gasteiger partial charge on any atom is 0.220 e. The lowest BCUT2D eigenvalue weighted by molar-refractivity contribution is -0.123. The van der Waals surface area contributed by atoms with Gasteiger partial charge in [-0.3, -0.25) is 4.79 Å². The molecule has 1 amide bonds. The molecule has 0 aliphatic carbocycles. The second-order valence-corrected chi connectivity index (χ2v) is 14.4. The molecule has 2 unspecified atom stereocenters. The molecule has 0 fully saturated rings. The largest absolute Gasteiger partial charge is 0.394 e. The van der Waals surface area contributed by atoms with Gasteiger partial charge in [-0.1, -0.05) is 197 Å². The number of nitrogens with one attached hydrogen (secondary N) is 1. The summed E-state index contributed by atoms with van der Waals surface area (Å²) in [5, 5.41) is 23.0. The van der Waals surface area contributed by atoms with Gasteiger partial charge in [0.25, 0.3) is 0 Å². The second-order valence-electron chi connectivity index (χ2n) is 14.4. The van der Waals surface area contributed by atoms with Gasteiger partial charge in [-0.15, -0.1) is 0 Å². The number of amides is 1. The van der Waals surface area contributed by atoms with Crippen LogP contribution in [-0.4, -0.2) is 34.9 Å². The normalized spacial score (nSPS) is 13.5. The Hall–Kier alpha value is -1.65. The molecular formula is C45H83NO3. The van der Waals surface area contributed by atoms with Gasteiger partial charge in [0.05, 0.1) is 18.8 Å². The molecule has 2 atom stereocenters. The van der Waals surface area contributed by atoms with Crippen molar-refractivity contribution >= 4 is 5.91 Å². The van der Waals surface area contributed by atoms with Gasteiger partial charge in [-0.05, 0) is 57.8 Å². The first-order valence-corrected chi connectivity index (χ1v) is 21.4. The Morgan fingerprint density at radius 2 is 0.837 bits per heavy atom. The first kappa shape index (κ1) is 47.4. The molecule has 4 nitrogen and oxygen atoms in total. The number of carbonyl (C=O) groups is 1. The zero-order valence-corrected chi connectivity index (χ0v) is 32.7. The van der Waals surface area contributed by atoms with E-state index in [1.54, 1.807) is 6.08 Å². The smallest absolute Gasteiger partial charge is 0.220 e. The predicted octanol–water partition coefficient (Wildman–Crippen LogP) is 13.2. The van der Waals surface area contributed by atoms with Crippen LogP contribution in [0.2, 0.25) is 0 Å². The van der Waals surface area contributed by atoms with Crippen molar-refractivity contribution in [1.82, 2.24) is 5.32 Å². The lowest BCUT2D eigenvalue weighted by atomic mass is 10.0. The molecule has 3 N–H and O–H groups in total. The van der Waals surface area contributed by atoms with Gasteiger partial charge >= 0.3 is 0 Å². The maximum absolute atomic E-state index is 12.4. The van der Waals surface area contributed by atoms with Gasteiger partial charge in [0, 0.05) is 6.42 Å². The monoisotopic (exact) mass is 686 g/mol. The second kappa shape index (κ2) is 40.8. The molecule has 286 valence electrons. The Bertz CT molecular complexity index is 786. The van der Waals surface area contributed by atoms with E-state index in [-0.39, 0.29) is 12.5 Å². The number of aliphatic hydroxyl groups is 2. The minimum Gasteiger partial charge on any atom is -0.394 e. The summed E-state index contributed by atoms with van der Waals surface area (Å²) >= 11 is 0. The molecule has 0 spiro atoms. The summed E-state index contributed by atoms with van der Waals surface area (Å²) in [6.07, 6.45) is 54.9. The third-order valence-corrected chi connectivity index (χ3v) is 9.56. The van der Waals surface area contributed by atoms with Crippen molar-refractivity contribution in [3.05, 3.63) is 48.6 Å². The van der Waals surface area contributed by atoms with Crippen LogP contribution in [0.4, 0.5) is 0 Å². The van der Waals surface area contributed by atoms with Crippen molar-refractivity contribution in [3.8, 4) is 0 Å². The Labute approximate surface area is 305 Å². The zero-order valence-electron chi connectivity index (χ0n) is 32.7. The summed E-state index contributed by atoms with van der Waals surface area (Å²) in [5.41, 5.74) is 0. The molecule has 0 saturated carbocycles. The summed E-state index contributed by atoms with van der Waals surface area (Å²) in [5.74, 6) is -0.0728. The SMILES string of the molecule is CCCCCCC/C=C\C/C=C\C/C=C\CCCCCCCCCCC(=O)NC(CO)C(O)/C=C/CCCCCCCCCCCCCC. The van der Waals surface area contributed by atoms with Crippen LogP contribution in [-0.2, 0) is 4.79 Å². The van der Waals surface area contributed by atoms with Crippen molar-refractivity contribution in [2.24, 2.45) is 0 Å². The summed E-state index contributed by atoms with van der Waals surface area (Å²) in [6, 6.07) is -0.626. The van der Waals surface area contributed by atoms with Gasteiger partial charge in [0.15, 0.2) is 0 Å². The quantitative estimate of drug-likeness (QED) is 0.0447. The van der Waals surface area contributed by atoms with E-state index in [0.717, 1.165) is 38.5 Å². The summed E-state index contributed by atoms with van der Waals surface area (Å²) in [7, 11) is 0. The van der Waals surface area contributed by atoms with Crippen molar-refractivity contribution in [2.45, 2.75) is 225 Å². The zero-order chi connectivity index (χ0) is 35.7. The minimum absolute atomic E-state index is 0.0728. The van der Waals surface area contributed by atoms with Crippen LogP contribution in [0.1, 0.15) is 213 Å². The molecule has 0 rings (SSSR count). The lowest BCUT2D eigenvalue weighted by Gasteiger charge is -2.20. The van der Waals surface area contributed by atoms with Gasteiger partial charge in [-0.2, -0.15) is 0 Å². The van der Waals surface area contributed by atoms with Crippen LogP contribution in [0.5, 0.6) is 0 Å². The van der Waals surface area contributed by atoms with E-state index in [2.05, 4.69) is 55.6 Å². The number of carbonyl (C=O) groups excluding carboxylic acids is 1. The molecule has 0 saturated heterocycles. The summed E-state index contributed by atoms with van der Waals surface area (Å²) < 4.78 is 0. The van der Waals surface area contributed by atoms with Crippen LogP contribution in [0.3, 0.4) is 0 Å². The number of allylic oxidation sites excluding steroid dienone is 7. The minimum atomic E-state index is -0.842. The topological polar surface area (TPSA) is 69.6 Å². The van der Waals surface area contributed by atoms with E-state index in [0.29, 0.717) is 6.42 Å². The summed E-state index contributed by atoms with van der Waals surface area (Å²) in [4.78, 5) is 12.4. The molecule has 0 bridgehead atoms. The van der Waals surface area contributed by atoms with Gasteiger partial charge < -0.3 is 15.5 Å². The number of hydrogen-bond acceptors (Lipinski definition) is 3. The van der Waals surface area contributed by atoms with E-state index in [1.165, 1.54) is 154 Å². The number of unbranched alkanes of at least 4 members (excludes halogenated alkanes) is 25. The van der Waals surface area contributed by atoms with Crippen molar-refractivity contribution in [2.75, 3.05) is 6.61 Å². The lowest BCUT2D eigenvalue weighted by Crippen LogP contribution is -2.45. The molecule has 0 aromatic carbocycles. The van der Waals surface area contributed by atoms with Crippen LogP contribution in [0.15, 0.2) is 48.6 Å². The predicted molar refractivity (Wildman–Crippen MR) is 216 cm³/mol. The molecule has 0 radical (unpaired) electrons. The van der Waals surface area contributed by atoms with Crippen LogP contribution >= 0.6 is 0 Å². The average Bonchev–Trinajstić information content (AvgIpc) is 3.10. The molecule has 0 aliphatic rings. The van der Waals surface area contributed by atoms with Crippen LogP contribution in [0.25, 0.3) is 0 Å². The standard InChI is InChI=1S/C45H83NO3/c1-3-5-7-9-11-13-15-17-19-20-21-22-23-24-25-26-27-29-31-33-35-37-39-41-45(49)46-43(42-47)44(48)40-38-36-34-32-30-28-18-16-14-12-10-8-6-4-2/h15,17,20-21,23-24,38,40,43-44,47-48H,3-14,16,18-19,22,25-37,39,41-42H2,1-2H3,(H,46,49)/b17-15-,21-20-,24-23-,40-38+. The Balaban J connectivity index is 3.61. The number of aliphatic hydroxyl groups excluding tert-OH is 2. The van der Waals surface area contributed by atoms with Crippen molar-refractivity contribution in [3.63, 3.8) is 0 Å². The van der Waals surface area contributed by atoms with E-state index < -0.39 is 12.1 Å². The van der Waals surface area contributed by atoms with E-state index in [9.17, 15) is 15.0 Å². The fraction of sp³-hybridized carbons (Fsp3) is 0.800. The fourth-order valence-electron chi connectivity index (χ4n) is 6.24. The summed E-state index contributed by atoms with van der Waals surface area (Å²) in [6.45, 7) is 4.29. The van der Waals surface area contributed by atoms with Crippen molar-refractivity contribution < 1.29 is 15.0 Å². The van der Waals surface area contributed by atoms with Crippen LogP contribution < -0.4 is 5.32 Å². The Kier molecular flexibility index (Phi) is 39.4. The number of rotatable bonds is 38. The molecule has 0 aromatic heterocycles. The highest BCUT2D eigenvalue weighted by molar-refractivity contribution is 5.76. The van der Waals surface area contributed by atoms with Crippen molar-refractivity contribution in [1.29, 1.82) is 0 Å². The molecule has 0 aromatic rings. The first-order chi connectivity index (χ1) is 24.2. The Morgan fingerprint density at radius 3 is 1.24 bits per heavy atom. The highest BCUT2D eigenvalue weighted by Gasteiger charge is 2.17. The van der Waals surface area contributed by atoms with E-state index >= 15 is 0 Å².